The molecule has 3 amide bonds. The number of piperidine rings is 1. The predicted molar refractivity (Wildman–Crippen MR) is 150 cm³/mol. The summed E-state index contributed by atoms with van der Waals surface area (Å²) in [5.41, 5.74) is 0.783. The normalized spacial score (nSPS) is 31.4. The van der Waals surface area contributed by atoms with Crippen LogP contribution in [0.3, 0.4) is 0 Å². The van der Waals surface area contributed by atoms with Gasteiger partial charge in [0.05, 0.1) is 16.1 Å². The van der Waals surface area contributed by atoms with Crippen LogP contribution in [0, 0.1) is 23.2 Å². The average Bonchev–Trinajstić information content (AvgIpc) is 3.29. The number of likely N-dealkylation sites (N-methyl/N-ethyl adjacent to an activating group) is 1. The van der Waals surface area contributed by atoms with Crippen LogP contribution in [0.4, 0.5) is 4.79 Å². The summed E-state index contributed by atoms with van der Waals surface area (Å²) in [5, 5.41) is 0.944. The molecule has 39 heavy (non-hydrogen) atoms. The van der Waals surface area contributed by atoms with Gasteiger partial charge in [-0.1, -0.05) is 36.2 Å². The van der Waals surface area contributed by atoms with Crippen molar-refractivity contribution in [1.29, 1.82) is 0 Å². The lowest BCUT2D eigenvalue weighted by atomic mass is 9.93. The van der Waals surface area contributed by atoms with E-state index in [4.69, 9.17) is 27.9 Å². The van der Waals surface area contributed by atoms with Crippen molar-refractivity contribution in [2.45, 2.75) is 76.4 Å². The highest BCUT2D eigenvalue weighted by molar-refractivity contribution is 6.42. The van der Waals surface area contributed by atoms with Gasteiger partial charge in [0.25, 0.3) is 0 Å². The number of hydrogen-bond donors (Lipinski definition) is 0. The quantitative estimate of drug-likeness (QED) is 0.459. The van der Waals surface area contributed by atoms with Gasteiger partial charge in [-0.05, 0) is 80.9 Å². The molecule has 1 aromatic carbocycles. The van der Waals surface area contributed by atoms with E-state index in [2.05, 4.69) is 0 Å². The van der Waals surface area contributed by atoms with Crippen molar-refractivity contribution in [2.75, 3.05) is 33.2 Å². The molecule has 2 saturated heterocycles. The Kier molecular flexibility index (Phi) is 7.28. The number of fused-ring (bicyclic) bond motifs is 2. The number of rotatable bonds is 5. The maximum atomic E-state index is 13.7. The summed E-state index contributed by atoms with van der Waals surface area (Å²) in [5.74, 6) is 1.32. The van der Waals surface area contributed by atoms with Gasteiger partial charge in [-0.2, -0.15) is 0 Å². The summed E-state index contributed by atoms with van der Waals surface area (Å²) in [4.78, 5) is 45.4. The van der Waals surface area contributed by atoms with Gasteiger partial charge < -0.3 is 19.4 Å². The fraction of sp³-hybridized carbons (Fsp3) is 0.700. The summed E-state index contributed by atoms with van der Waals surface area (Å²) in [6, 6.07) is 5.35. The molecular weight excluding hydrogens is 537 g/mol. The van der Waals surface area contributed by atoms with Crippen LogP contribution >= 0.6 is 23.2 Å². The van der Waals surface area contributed by atoms with E-state index < -0.39 is 0 Å². The van der Waals surface area contributed by atoms with Gasteiger partial charge in [-0.15, -0.1) is 0 Å². The second kappa shape index (κ2) is 10.4. The third-order valence-electron chi connectivity index (χ3n) is 10.3. The average molecular weight is 577 g/mol. The van der Waals surface area contributed by atoms with Crippen LogP contribution in [0.1, 0.15) is 69.8 Å². The van der Waals surface area contributed by atoms with Gasteiger partial charge >= 0.3 is 6.09 Å². The topological polar surface area (TPSA) is 70.2 Å². The fourth-order valence-electron chi connectivity index (χ4n) is 7.48. The highest BCUT2D eigenvalue weighted by Crippen LogP contribution is 2.47. The van der Waals surface area contributed by atoms with E-state index in [1.165, 1.54) is 12.8 Å². The first-order valence-corrected chi connectivity index (χ1v) is 15.3. The maximum Gasteiger partial charge on any atom is 0.410 e. The van der Waals surface area contributed by atoms with Gasteiger partial charge in [-0.25, -0.2) is 4.79 Å². The van der Waals surface area contributed by atoms with Crippen LogP contribution in [0.25, 0.3) is 0 Å². The lowest BCUT2D eigenvalue weighted by Crippen LogP contribution is -2.47. The van der Waals surface area contributed by atoms with Crippen LogP contribution in [-0.2, 0) is 14.3 Å². The molecule has 212 valence electrons. The highest BCUT2D eigenvalue weighted by Gasteiger charge is 2.49. The molecule has 2 heterocycles. The first kappa shape index (κ1) is 27.2. The van der Waals surface area contributed by atoms with Crippen molar-refractivity contribution in [3.63, 3.8) is 0 Å². The molecule has 5 aliphatic rings. The minimum atomic E-state index is -0.308. The molecule has 1 aromatic rings. The summed E-state index contributed by atoms with van der Waals surface area (Å²) in [6.07, 6.45) is 7.53. The Morgan fingerprint density at radius 2 is 1.72 bits per heavy atom. The first-order valence-electron chi connectivity index (χ1n) is 14.6. The van der Waals surface area contributed by atoms with Gasteiger partial charge in [0.2, 0.25) is 11.8 Å². The smallest absolute Gasteiger partial charge is 0.410 e. The number of nitrogens with zero attached hydrogens (tertiary/aromatic N) is 3. The minimum Gasteiger partial charge on any atom is -0.446 e. The predicted octanol–water partition coefficient (Wildman–Crippen LogP) is 5.58. The zero-order valence-corrected chi connectivity index (χ0v) is 24.4. The van der Waals surface area contributed by atoms with Crippen LogP contribution < -0.4 is 0 Å². The molecule has 1 unspecified atom stereocenters. The van der Waals surface area contributed by atoms with Crippen molar-refractivity contribution < 1.29 is 19.1 Å². The van der Waals surface area contributed by atoms with Crippen molar-refractivity contribution in [2.24, 2.45) is 23.2 Å². The number of amides is 3. The van der Waals surface area contributed by atoms with E-state index in [1.54, 1.807) is 18.0 Å². The Hall–Kier alpha value is -1.99. The second-order valence-electron chi connectivity index (χ2n) is 12.9. The highest BCUT2D eigenvalue weighted by atomic mass is 35.5. The van der Waals surface area contributed by atoms with Crippen molar-refractivity contribution in [1.82, 2.24) is 14.7 Å². The van der Waals surface area contributed by atoms with E-state index in [9.17, 15) is 14.4 Å². The largest absolute Gasteiger partial charge is 0.446 e. The third-order valence-corrected chi connectivity index (χ3v) is 11.1. The fourth-order valence-corrected chi connectivity index (χ4v) is 7.79. The number of ether oxygens (including phenoxy) is 1. The summed E-state index contributed by atoms with van der Waals surface area (Å²) < 4.78 is 6.02. The van der Waals surface area contributed by atoms with Gasteiger partial charge in [0.1, 0.15) is 6.10 Å². The lowest BCUT2D eigenvalue weighted by Gasteiger charge is -2.34. The molecule has 7 nitrogen and oxygen atoms in total. The molecule has 2 bridgehead atoms. The van der Waals surface area contributed by atoms with Crippen molar-refractivity contribution >= 4 is 41.1 Å². The molecule has 5 atom stereocenters. The standard InChI is InChI=1S/C30H39Cl2N3O4/c1-30(9-10-30)28(37)34-11-7-19(8-12-34)27(36)35-16-22(20-5-6-23(31)24(32)15-20)25(17-35)33(2)29(38)39-26-14-18-3-4-21(26)13-18/h5-6,15,18-19,21-22,25-26H,3-4,7-14,16-17H2,1-2H3/t18?,21-,22-,25+,26+/m1/s1. The van der Waals surface area contributed by atoms with Crippen LogP contribution in [0.15, 0.2) is 18.2 Å². The lowest BCUT2D eigenvalue weighted by molar-refractivity contribution is -0.142. The van der Waals surface area contributed by atoms with E-state index >= 15 is 0 Å². The van der Waals surface area contributed by atoms with E-state index in [-0.39, 0.29) is 47.3 Å². The molecule has 0 aromatic heterocycles. The van der Waals surface area contributed by atoms with E-state index in [0.717, 1.165) is 31.2 Å². The van der Waals surface area contributed by atoms with Gasteiger partial charge in [0, 0.05) is 50.5 Å². The Bertz CT molecular complexity index is 1150. The third kappa shape index (κ3) is 5.26. The Morgan fingerprint density at radius 1 is 0.974 bits per heavy atom. The Morgan fingerprint density at radius 3 is 2.33 bits per heavy atom. The van der Waals surface area contributed by atoms with Gasteiger partial charge in [0.15, 0.2) is 0 Å². The molecule has 0 radical (unpaired) electrons. The minimum absolute atomic E-state index is 0.00653. The molecule has 5 fully saturated rings. The maximum absolute atomic E-state index is 13.7. The molecule has 2 aliphatic heterocycles. The Balaban J connectivity index is 1.14. The number of carbonyl (C=O) groups excluding carboxylic acids is 3. The van der Waals surface area contributed by atoms with Crippen LogP contribution in [0.5, 0.6) is 0 Å². The van der Waals surface area contributed by atoms with Crippen molar-refractivity contribution in [3.05, 3.63) is 33.8 Å². The molecule has 6 rings (SSSR count). The zero-order chi connectivity index (χ0) is 27.5. The number of benzene rings is 1. The number of hydrogen-bond acceptors (Lipinski definition) is 4. The van der Waals surface area contributed by atoms with E-state index in [1.807, 2.05) is 28.9 Å². The van der Waals surface area contributed by atoms with Crippen molar-refractivity contribution in [3.8, 4) is 0 Å². The molecule has 3 saturated carbocycles. The molecule has 9 heteroatoms. The molecule has 0 N–H and O–H groups in total. The van der Waals surface area contributed by atoms with Crippen LogP contribution in [0.2, 0.25) is 10.0 Å². The first-order chi connectivity index (χ1) is 18.6. The monoisotopic (exact) mass is 575 g/mol. The molecule has 0 spiro atoms. The van der Waals surface area contributed by atoms with Crippen LogP contribution in [-0.4, -0.2) is 78.0 Å². The second-order valence-corrected chi connectivity index (χ2v) is 13.7. The summed E-state index contributed by atoms with van der Waals surface area (Å²) in [7, 11) is 1.79. The SMILES string of the molecule is CN(C(=O)O[C@H]1CC2CC[C@@H]1C2)[C@H]1CN(C(=O)C2CCN(C(=O)C3(C)CC3)CC2)C[C@@H]1c1ccc(Cl)c(Cl)c1. The van der Waals surface area contributed by atoms with Gasteiger partial charge in [-0.3, -0.25) is 9.59 Å². The molecular formula is C30H39Cl2N3O4. The number of carbonyl (C=O) groups is 3. The van der Waals surface area contributed by atoms with E-state index in [0.29, 0.717) is 60.9 Å². The number of likely N-dealkylation sites (tertiary alicyclic amines) is 2. The summed E-state index contributed by atoms with van der Waals surface area (Å²) in [6.45, 7) is 4.26. The summed E-state index contributed by atoms with van der Waals surface area (Å²) >= 11 is 12.6. The Labute approximate surface area is 241 Å². The number of halogens is 2. The zero-order valence-electron chi connectivity index (χ0n) is 22.9. The molecule has 3 aliphatic carbocycles.